The van der Waals surface area contributed by atoms with Crippen molar-refractivity contribution in [2.45, 2.75) is 13.0 Å². The number of hydrogen-bond donors (Lipinski definition) is 1. The summed E-state index contributed by atoms with van der Waals surface area (Å²) in [7, 11) is 1.72. The van der Waals surface area contributed by atoms with E-state index in [1.165, 1.54) is 0 Å². The molecule has 0 spiro atoms. The average molecular weight is 157 g/mol. The van der Waals surface area contributed by atoms with Crippen molar-refractivity contribution < 1.29 is 4.74 Å². The normalized spacial score (nSPS) is 20.2. The van der Waals surface area contributed by atoms with Crippen LogP contribution in [0.15, 0.2) is 4.99 Å². The Morgan fingerprint density at radius 3 is 2.82 bits per heavy atom. The number of methoxy groups -OCH3 is 1. The zero-order valence-corrected chi connectivity index (χ0v) is 7.08. The van der Waals surface area contributed by atoms with Crippen molar-refractivity contribution in [3.05, 3.63) is 0 Å². The van der Waals surface area contributed by atoms with Gasteiger partial charge in [-0.15, -0.1) is 0 Å². The maximum Gasteiger partial charge on any atom is 0.191 e. The molecule has 0 aromatic carbocycles. The second-order valence-corrected chi connectivity index (χ2v) is 2.60. The van der Waals surface area contributed by atoms with E-state index >= 15 is 0 Å². The highest BCUT2D eigenvalue weighted by Gasteiger charge is 2.27. The molecule has 1 saturated heterocycles. The van der Waals surface area contributed by atoms with E-state index < -0.39 is 0 Å². The molecule has 4 nitrogen and oxygen atoms in total. The molecule has 11 heavy (non-hydrogen) atoms. The molecule has 0 radical (unpaired) electrons. The van der Waals surface area contributed by atoms with Crippen molar-refractivity contribution in [2.75, 3.05) is 26.7 Å². The van der Waals surface area contributed by atoms with Gasteiger partial charge in [0.1, 0.15) is 0 Å². The van der Waals surface area contributed by atoms with Crippen molar-refractivity contribution in [1.82, 2.24) is 4.90 Å². The fourth-order valence-corrected chi connectivity index (χ4v) is 1.04. The molecule has 0 atom stereocenters. The summed E-state index contributed by atoms with van der Waals surface area (Å²) in [4.78, 5) is 6.09. The van der Waals surface area contributed by atoms with Gasteiger partial charge in [0.15, 0.2) is 5.96 Å². The highest BCUT2D eigenvalue weighted by molar-refractivity contribution is 5.78. The number of guanidine groups is 1. The van der Waals surface area contributed by atoms with Gasteiger partial charge in [-0.3, -0.25) is 4.99 Å². The van der Waals surface area contributed by atoms with Crippen LogP contribution in [0.25, 0.3) is 0 Å². The van der Waals surface area contributed by atoms with E-state index in [2.05, 4.69) is 4.99 Å². The van der Waals surface area contributed by atoms with Crippen LogP contribution < -0.4 is 5.73 Å². The minimum Gasteiger partial charge on any atom is -0.378 e. The summed E-state index contributed by atoms with van der Waals surface area (Å²) in [6.45, 7) is 4.48. The summed E-state index contributed by atoms with van der Waals surface area (Å²) < 4.78 is 5.09. The molecule has 0 saturated carbocycles. The molecule has 64 valence electrons. The minimum atomic E-state index is 0.348. The Morgan fingerprint density at radius 2 is 2.36 bits per heavy atom. The van der Waals surface area contributed by atoms with Gasteiger partial charge in [0, 0.05) is 26.7 Å². The van der Waals surface area contributed by atoms with Crippen LogP contribution >= 0.6 is 0 Å². The van der Waals surface area contributed by atoms with Crippen LogP contribution in [0.5, 0.6) is 0 Å². The van der Waals surface area contributed by atoms with Gasteiger partial charge in [-0.05, 0) is 6.92 Å². The van der Waals surface area contributed by atoms with Crippen molar-refractivity contribution in [3.8, 4) is 0 Å². The smallest absolute Gasteiger partial charge is 0.191 e. The molecular formula is C7H15N3O. The summed E-state index contributed by atoms with van der Waals surface area (Å²) in [5.41, 5.74) is 5.63. The molecule has 0 bridgehead atoms. The maximum atomic E-state index is 5.63. The quantitative estimate of drug-likeness (QED) is 0.440. The molecule has 0 aromatic rings. The lowest BCUT2D eigenvalue weighted by Crippen LogP contribution is -2.56. The van der Waals surface area contributed by atoms with Gasteiger partial charge in [0.25, 0.3) is 0 Å². The van der Waals surface area contributed by atoms with Crippen LogP contribution in [0.2, 0.25) is 0 Å². The van der Waals surface area contributed by atoms with E-state index in [1.54, 1.807) is 7.11 Å². The van der Waals surface area contributed by atoms with Crippen LogP contribution in [-0.4, -0.2) is 43.7 Å². The summed E-state index contributed by atoms with van der Waals surface area (Å²) in [6.07, 6.45) is 0.348. The zero-order valence-electron chi connectivity index (χ0n) is 7.08. The molecule has 1 heterocycles. The van der Waals surface area contributed by atoms with Crippen LogP contribution in [0.1, 0.15) is 6.92 Å². The Labute approximate surface area is 67.0 Å². The SMILES string of the molecule is CCN=C(N)N1CC(OC)C1. The van der Waals surface area contributed by atoms with E-state index in [9.17, 15) is 0 Å². The summed E-state index contributed by atoms with van der Waals surface area (Å²) in [6, 6.07) is 0. The molecule has 2 N–H and O–H groups in total. The molecule has 1 fully saturated rings. The molecule has 0 amide bonds. The summed E-state index contributed by atoms with van der Waals surface area (Å²) in [5, 5.41) is 0. The van der Waals surface area contributed by atoms with Gasteiger partial charge in [-0.1, -0.05) is 0 Å². The minimum absolute atomic E-state index is 0.348. The Bertz CT molecular complexity index is 152. The first-order valence-electron chi connectivity index (χ1n) is 3.85. The Kier molecular flexibility index (Phi) is 2.70. The Balaban J connectivity index is 2.26. The first-order valence-corrected chi connectivity index (χ1v) is 3.85. The third-order valence-electron chi connectivity index (χ3n) is 1.83. The molecule has 1 aliphatic rings. The molecule has 4 heteroatoms. The number of nitrogens with zero attached hydrogens (tertiary/aromatic N) is 2. The van der Waals surface area contributed by atoms with Crippen molar-refractivity contribution in [1.29, 1.82) is 0 Å². The molecule has 0 aliphatic carbocycles. The molecule has 0 unspecified atom stereocenters. The zero-order chi connectivity index (χ0) is 8.27. The number of nitrogens with two attached hydrogens (primary N) is 1. The van der Waals surface area contributed by atoms with Gasteiger partial charge >= 0.3 is 0 Å². The molecule has 0 aromatic heterocycles. The monoisotopic (exact) mass is 157 g/mol. The van der Waals surface area contributed by atoms with Gasteiger partial charge < -0.3 is 15.4 Å². The number of likely N-dealkylation sites (tertiary alicyclic amines) is 1. The first kappa shape index (κ1) is 8.33. The predicted molar refractivity (Wildman–Crippen MR) is 44.5 cm³/mol. The number of rotatable bonds is 2. The fourth-order valence-electron chi connectivity index (χ4n) is 1.04. The predicted octanol–water partition coefficient (Wildman–Crippen LogP) is -0.348. The third kappa shape index (κ3) is 1.83. The second kappa shape index (κ2) is 3.57. The van der Waals surface area contributed by atoms with Crippen molar-refractivity contribution in [2.24, 2.45) is 10.7 Å². The molecular weight excluding hydrogens is 142 g/mol. The van der Waals surface area contributed by atoms with Crippen LogP contribution in [0.4, 0.5) is 0 Å². The lowest BCUT2D eigenvalue weighted by molar-refractivity contribution is 0.00512. The number of hydrogen-bond acceptors (Lipinski definition) is 2. The van der Waals surface area contributed by atoms with Crippen LogP contribution in [0.3, 0.4) is 0 Å². The highest BCUT2D eigenvalue weighted by atomic mass is 16.5. The van der Waals surface area contributed by atoms with Crippen molar-refractivity contribution in [3.63, 3.8) is 0 Å². The van der Waals surface area contributed by atoms with Gasteiger partial charge in [0.05, 0.1) is 6.10 Å². The molecule has 1 aliphatic heterocycles. The highest BCUT2D eigenvalue weighted by Crippen LogP contribution is 2.09. The average Bonchev–Trinajstić information content (AvgIpc) is 1.86. The third-order valence-corrected chi connectivity index (χ3v) is 1.83. The van der Waals surface area contributed by atoms with Crippen LogP contribution in [0, 0.1) is 0 Å². The van der Waals surface area contributed by atoms with Gasteiger partial charge in [-0.25, -0.2) is 0 Å². The largest absolute Gasteiger partial charge is 0.378 e. The van der Waals surface area contributed by atoms with Crippen molar-refractivity contribution >= 4 is 5.96 Å². The van der Waals surface area contributed by atoms with Gasteiger partial charge in [0.2, 0.25) is 0 Å². The number of ether oxygens (including phenoxy) is 1. The van der Waals surface area contributed by atoms with E-state index in [0.717, 1.165) is 19.6 Å². The van der Waals surface area contributed by atoms with E-state index in [4.69, 9.17) is 10.5 Å². The standard InChI is InChI=1S/C7H15N3O/c1-3-9-7(8)10-4-6(5-10)11-2/h6H,3-5H2,1-2H3,(H2,8,9). The summed E-state index contributed by atoms with van der Waals surface area (Å²) >= 11 is 0. The maximum absolute atomic E-state index is 5.63. The Morgan fingerprint density at radius 1 is 1.73 bits per heavy atom. The topological polar surface area (TPSA) is 50.8 Å². The fraction of sp³-hybridized carbons (Fsp3) is 0.857. The van der Waals surface area contributed by atoms with Gasteiger partial charge in [-0.2, -0.15) is 0 Å². The van der Waals surface area contributed by atoms with E-state index in [-0.39, 0.29) is 0 Å². The van der Waals surface area contributed by atoms with E-state index in [0.29, 0.717) is 12.1 Å². The Hall–Kier alpha value is -0.770. The number of aliphatic imine (C=N–C) groups is 1. The van der Waals surface area contributed by atoms with E-state index in [1.807, 2.05) is 11.8 Å². The molecule has 1 rings (SSSR count). The van der Waals surface area contributed by atoms with Crippen LogP contribution in [-0.2, 0) is 4.74 Å². The second-order valence-electron chi connectivity index (χ2n) is 2.60. The lowest BCUT2D eigenvalue weighted by atomic mass is 10.2. The summed E-state index contributed by atoms with van der Waals surface area (Å²) in [5.74, 6) is 0.640. The first-order chi connectivity index (χ1) is 5.27. The lowest BCUT2D eigenvalue weighted by Gasteiger charge is -2.38.